The number of thiophene rings is 1. The number of hydrogen-bond donors (Lipinski definition) is 0. The fourth-order valence-corrected chi connectivity index (χ4v) is 2.57. The largest absolute Gasteiger partial charge is 0.488 e. The van der Waals surface area contributed by atoms with E-state index < -0.39 is 0 Å². The molecule has 0 bridgehead atoms. The fraction of sp³-hybridized carbons (Fsp3) is 0.0833. The maximum absolute atomic E-state index is 8.64. The number of rotatable bonds is 3. The van der Waals surface area contributed by atoms with E-state index in [4.69, 9.17) is 10.00 Å². The first-order chi connectivity index (χ1) is 7.78. The Kier molecular flexibility index (Phi) is 3.60. The Bertz CT molecular complexity index is 513. The minimum atomic E-state index is 0.558. The van der Waals surface area contributed by atoms with Gasteiger partial charge in [0.1, 0.15) is 12.4 Å². The molecule has 0 amide bonds. The molecule has 0 saturated heterocycles. The number of hydrogen-bond acceptors (Lipinski definition) is 3. The molecule has 0 fully saturated rings. The van der Waals surface area contributed by atoms with Crippen LogP contribution in [0.15, 0.2) is 40.2 Å². The van der Waals surface area contributed by atoms with Crippen LogP contribution in [0.1, 0.15) is 10.4 Å². The second-order valence-corrected chi connectivity index (χ2v) is 5.07. The number of nitrogens with zero attached hydrogens (tertiary/aromatic N) is 1. The molecule has 1 aromatic heterocycles. The quantitative estimate of drug-likeness (QED) is 0.858. The first kappa shape index (κ1) is 11.2. The van der Waals surface area contributed by atoms with Crippen molar-refractivity contribution in [1.29, 1.82) is 5.26 Å². The topological polar surface area (TPSA) is 33.0 Å². The van der Waals surface area contributed by atoms with Crippen LogP contribution in [-0.2, 0) is 6.61 Å². The summed E-state index contributed by atoms with van der Waals surface area (Å²) in [6.45, 7) is 0.558. The predicted octanol–water partition coefficient (Wildman–Crippen LogP) is 3.96. The first-order valence-electron chi connectivity index (χ1n) is 4.64. The van der Waals surface area contributed by atoms with Gasteiger partial charge in [-0.2, -0.15) is 5.26 Å². The van der Waals surface area contributed by atoms with E-state index in [2.05, 4.69) is 22.0 Å². The van der Waals surface area contributed by atoms with E-state index in [0.29, 0.717) is 12.2 Å². The number of benzene rings is 1. The highest BCUT2D eigenvalue weighted by molar-refractivity contribution is 9.10. The minimum Gasteiger partial charge on any atom is -0.488 e. The van der Waals surface area contributed by atoms with Crippen LogP contribution >= 0.6 is 27.3 Å². The maximum Gasteiger partial charge on any atom is 0.122 e. The Morgan fingerprint density at radius 1 is 1.31 bits per heavy atom. The summed E-state index contributed by atoms with van der Waals surface area (Å²) < 4.78 is 6.66. The van der Waals surface area contributed by atoms with E-state index in [0.717, 1.165) is 15.1 Å². The molecule has 1 aromatic carbocycles. The van der Waals surface area contributed by atoms with Gasteiger partial charge in [-0.3, -0.25) is 0 Å². The molecule has 0 aliphatic heterocycles. The van der Waals surface area contributed by atoms with Gasteiger partial charge in [0.05, 0.1) is 11.6 Å². The van der Waals surface area contributed by atoms with Gasteiger partial charge < -0.3 is 4.74 Å². The Balaban J connectivity index is 1.97. The molecule has 1 heterocycles. The summed E-state index contributed by atoms with van der Waals surface area (Å²) in [6, 6.07) is 11.2. The van der Waals surface area contributed by atoms with Crippen molar-refractivity contribution in [2.45, 2.75) is 6.61 Å². The van der Waals surface area contributed by atoms with Crippen molar-refractivity contribution in [3.8, 4) is 11.8 Å². The summed E-state index contributed by atoms with van der Waals surface area (Å²) in [5, 5.41) is 10.7. The number of nitriles is 1. The van der Waals surface area contributed by atoms with Crippen LogP contribution in [0.4, 0.5) is 0 Å². The Morgan fingerprint density at radius 2 is 2.06 bits per heavy atom. The molecular formula is C12H8BrNOS. The number of halogens is 1. The SMILES string of the molecule is N#Cc1ccc(OCc2cc(Br)cs2)cc1. The zero-order valence-corrected chi connectivity index (χ0v) is 10.7. The lowest BCUT2D eigenvalue weighted by atomic mass is 10.2. The summed E-state index contributed by atoms with van der Waals surface area (Å²) in [6.07, 6.45) is 0. The van der Waals surface area contributed by atoms with Gasteiger partial charge in [0.25, 0.3) is 0 Å². The molecule has 2 rings (SSSR count). The third-order valence-corrected chi connectivity index (χ3v) is 3.66. The van der Waals surface area contributed by atoms with Crippen LogP contribution in [0, 0.1) is 11.3 Å². The lowest BCUT2D eigenvalue weighted by molar-refractivity contribution is 0.310. The first-order valence-corrected chi connectivity index (χ1v) is 6.31. The average Bonchev–Trinajstić information content (AvgIpc) is 2.73. The van der Waals surface area contributed by atoms with Crippen molar-refractivity contribution >= 4 is 27.3 Å². The summed E-state index contributed by atoms with van der Waals surface area (Å²) in [7, 11) is 0. The standard InChI is InChI=1S/C12H8BrNOS/c13-10-5-12(16-8-10)7-15-11-3-1-9(6-14)2-4-11/h1-5,8H,7H2. The molecule has 2 aromatic rings. The fourth-order valence-electron chi connectivity index (χ4n) is 1.21. The molecule has 0 N–H and O–H groups in total. The summed E-state index contributed by atoms with van der Waals surface area (Å²) in [4.78, 5) is 1.16. The highest BCUT2D eigenvalue weighted by atomic mass is 79.9. The zero-order valence-electron chi connectivity index (χ0n) is 8.31. The van der Waals surface area contributed by atoms with E-state index in [1.165, 1.54) is 0 Å². The van der Waals surface area contributed by atoms with Crippen molar-refractivity contribution in [2.75, 3.05) is 0 Å². The lowest BCUT2D eigenvalue weighted by Gasteiger charge is -2.03. The highest BCUT2D eigenvalue weighted by Gasteiger charge is 1.99. The molecule has 0 spiro atoms. The second-order valence-electron chi connectivity index (χ2n) is 3.16. The van der Waals surface area contributed by atoms with Gasteiger partial charge >= 0.3 is 0 Å². The van der Waals surface area contributed by atoms with Gasteiger partial charge in [-0.15, -0.1) is 11.3 Å². The van der Waals surface area contributed by atoms with Crippen LogP contribution in [0.3, 0.4) is 0 Å². The van der Waals surface area contributed by atoms with Crippen LogP contribution in [0.25, 0.3) is 0 Å². The molecular weight excluding hydrogens is 286 g/mol. The molecule has 4 heteroatoms. The average molecular weight is 294 g/mol. The van der Waals surface area contributed by atoms with E-state index in [9.17, 15) is 0 Å². The summed E-state index contributed by atoms with van der Waals surface area (Å²) in [5.41, 5.74) is 0.645. The van der Waals surface area contributed by atoms with Crippen LogP contribution < -0.4 is 4.74 Å². The van der Waals surface area contributed by atoms with Crippen molar-refractivity contribution in [1.82, 2.24) is 0 Å². The predicted molar refractivity (Wildman–Crippen MR) is 67.5 cm³/mol. The highest BCUT2D eigenvalue weighted by Crippen LogP contribution is 2.21. The Labute approximate surface area is 106 Å². The molecule has 0 atom stereocenters. The molecule has 0 aliphatic rings. The van der Waals surface area contributed by atoms with Crippen LogP contribution in [0.5, 0.6) is 5.75 Å². The second kappa shape index (κ2) is 5.15. The van der Waals surface area contributed by atoms with Gasteiger partial charge in [0.2, 0.25) is 0 Å². The Morgan fingerprint density at radius 3 is 2.62 bits per heavy atom. The normalized spacial score (nSPS) is 9.75. The van der Waals surface area contributed by atoms with Crippen molar-refractivity contribution in [3.05, 3.63) is 50.6 Å². The van der Waals surface area contributed by atoms with Crippen LogP contribution in [-0.4, -0.2) is 0 Å². The van der Waals surface area contributed by atoms with Gasteiger partial charge in [-0.1, -0.05) is 0 Å². The summed E-state index contributed by atoms with van der Waals surface area (Å²) >= 11 is 5.05. The van der Waals surface area contributed by atoms with Crippen LogP contribution in [0.2, 0.25) is 0 Å². The lowest BCUT2D eigenvalue weighted by Crippen LogP contribution is -1.92. The van der Waals surface area contributed by atoms with Gasteiger partial charge in [0, 0.05) is 14.7 Å². The van der Waals surface area contributed by atoms with E-state index in [1.807, 2.05) is 11.4 Å². The summed E-state index contributed by atoms with van der Waals surface area (Å²) in [5.74, 6) is 0.781. The third kappa shape index (κ3) is 2.84. The van der Waals surface area contributed by atoms with Crippen molar-refractivity contribution < 1.29 is 4.74 Å². The molecule has 0 radical (unpaired) electrons. The van der Waals surface area contributed by atoms with Gasteiger partial charge in [-0.05, 0) is 46.3 Å². The zero-order chi connectivity index (χ0) is 11.4. The number of ether oxygens (including phenoxy) is 1. The molecule has 0 unspecified atom stereocenters. The molecule has 16 heavy (non-hydrogen) atoms. The Hall–Kier alpha value is -1.31. The molecule has 80 valence electrons. The minimum absolute atomic E-state index is 0.558. The maximum atomic E-state index is 8.64. The molecule has 0 saturated carbocycles. The van der Waals surface area contributed by atoms with Crippen molar-refractivity contribution in [2.24, 2.45) is 0 Å². The molecule has 0 aliphatic carbocycles. The van der Waals surface area contributed by atoms with E-state index in [1.54, 1.807) is 35.6 Å². The smallest absolute Gasteiger partial charge is 0.122 e. The monoisotopic (exact) mass is 293 g/mol. The van der Waals surface area contributed by atoms with Gasteiger partial charge in [0.15, 0.2) is 0 Å². The van der Waals surface area contributed by atoms with E-state index >= 15 is 0 Å². The third-order valence-electron chi connectivity index (χ3n) is 1.99. The molecule has 2 nitrogen and oxygen atoms in total. The van der Waals surface area contributed by atoms with Gasteiger partial charge in [-0.25, -0.2) is 0 Å². The van der Waals surface area contributed by atoms with Crippen molar-refractivity contribution in [3.63, 3.8) is 0 Å². The van der Waals surface area contributed by atoms with E-state index in [-0.39, 0.29) is 0 Å².